The Labute approximate surface area is 75.1 Å². The lowest BCUT2D eigenvalue weighted by Crippen LogP contribution is -1.99. The number of hydrogen-bond donors (Lipinski definition) is 0. The first-order valence-corrected chi connectivity index (χ1v) is 4.97. The van der Waals surface area contributed by atoms with Crippen LogP contribution in [0.15, 0.2) is 11.6 Å². The van der Waals surface area contributed by atoms with E-state index in [0.717, 1.165) is 12.8 Å². The normalized spacial score (nSPS) is 20.5. The molecule has 1 nitrogen and oxygen atoms in total. The van der Waals surface area contributed by atoms with Gasteiger partial charge in [-0.2, -0.15) is 5.26 Å². The number of allylic oxidation sites excluding steroid dienone is 2. The average Bonchev–Trinajstić information content (AvgIpc) is 2.35. The van der Waals surface area contributed by atoms with Crippen LogP contribution in [0.1, 0.15) is 45.4 Å². The molecule has 0 aromatic heterocycles. The van der Waals surface area contributed by atoms with Crippen LogP contribution in [0.5, 0.6) is 0 Å². The van der Waals surface area contributed by atoms with Crippen molar-refractivity contribution in [3.05, 3.63) is 11.6 Å². The highest BCUT2D eigenvalue weighted by molar-refractivity contribution is 5.14. The van der Waals surface area contributed by atoms with Crippen molar-refractivity contribution in [3.8, 4) is 6.07 Å². The fourth-order valence-electron chi connectivity index (χ4n) is 1.79. The summed E-state index contributed by atoms with van der Waals surface area (Å²) in [6, 6.07) is 2.38. The summed E-state index contributed by atoms with van der Waals surface area (Å²) in [4.78, 5) is 0. The van der Waals surface area contributed by atoms with Gasteiger partial charge in [-0.1, -0.05) is 25.0 Å². The molecule has 0 aromatic rings. The Bertz CT molecular complexity index is 198. The van der Waals surface area contributed by atoms with E-state index in [1.54, 1.807) is 0 Å². The lowest BCUT2D eigenvalue weighted by atomic mass is 9.94. The minimum absolute atomic E-state index is 0.197. The van der Waals surface area contributed by atoms with Crippen molar-refractivity contribution in [2.45, 2.75) is 45.4 Å². The second-order valence-corrected chi connectivity index (χ2v) is 3.47. The molecule has 0 aliphatic heterocycles. The smallest absolute Gasteiger partial charge is 0.0700 e. The van der Waals surface area contributed by atoms with Crippen molar-refractivity contribution in [2.75, 3.05) is 0 Å². The zero-order valence-electron chi connectivity index (χ0n) is 7.84. The van der Waals surface area contributed by atoms with Crippen LogP contribution in [-0.4, -0.2) is 0 Å². The molecule has 1 rings (SSSR count). The van der Waals surface area contributed by atoms with Crippen molar-refractivity contribution in [1.82, 2.24) is 0 Å². The van der Waals surface area contributed by atoms with Crippen molar-refractivity contribution in [1.29, 1.82) is 5.26 Å². The van der Waals surface area contributed by atoms with Crippen molar-refractivity contribution in [2.24, 2.45) is 5.92 Å². The third kappa shape index (κ3) is 2.37. The third-order valence-corrected chi connectivity index (χ3v) is 2.59. The Hall–Kier alpha value is -0.770. The topological polar surface area (TPSA) is 23.8 Å². The number of nitrogens with zero attached hydrogens (tertiary/aromatic N) is 1. The Kier molecular flexibility index (Phi) is 3.87. The van der Waals surface area contributed by atoms with Gasteiger partial charge in [-0.05, 0) is 32.1 Å². The minimum Gasteiger partial charge on any atom is -0.198 e. The summed E-state index contributed by atoms with van der Waals surface area (Å²) in [5, 5.41) is 8.88. The summed E-state index contributed by atoms with van der Waals surface area (Å²) >= 11 is 0. The van der Waals surface area contributed by atoms with E-state index < -0.39 is 0 Å². The summed E-state index contributed by atoms with van der Waals surface area (Å²) < 4.78 is 0. The lowest BCUT2D eigenvalue weighted by molar-refractivity contribution is 0.660. The minimum atomic E-state index is 0.197. The first kappa shape index (κ1) is 9.32. The molecule has 0 fully saturated rings. The van der Waals surface area contributed by atoms with Crippen LogP contribution in [-0.2, 0) is 0 Å². The SMILES string of the molecule is CCC(C#N)C1=CCCCCC1. The molecule has 0 amide bonds. The van der Waals surface area contributed by atoms with Crippen LogP contribution in [0.3, 0.4) is 0 Å². The van der Waals surface area contributed by atoms with E-state index in [1.165, 1.54) is 31.3 Å². The summed E-state index contributed by atoms with van der Waals surface area (Å²) in [6.45, 7) is 2.10. The summed E-state index contributed by atoms with van der Waals surface area (Å²) in [5.41, 5.74) is 1.40. The maximum atomic E-state index is 8.88. The summed E-state index contributed by atoms with van der Waals surface area (Å²) in [7, 11) is 0. The van der Waals surface area contributed by atoms with Crippen LogP contribution in [0, 0.1) is 17.2 Å². The molecule has 12 heavy (non-hydrogen) atoms. The van der Waals surface area contributed by atoms with Crippen molar-refractivity contribution >= 4 is 0 Å². The zero-order valence-corrected chi connectivity index (χ0v) is 7.84. The standard InChI is InChI=1S/C11H17N/c1-2-10(9-12)11-7-5-3-4-6-8-11/h7,10H,2-6,8H2,1H3. The molecule has 0 N–H and O–H groups in total. The van der Waals surface area contributed by atoms with Crippen LogP contribution in [0.25, 0.3) is 0 Å². The van der Waals surface area contributed by atoms with Gasteiger partial charge in [-0.15, -0.1) is 0 Å². The molecule has 0 saturated carbocycles. The van der Waals surface area contributed by atoms with Gasteiger partial charge >= 0.3 is 0 Å². The molecule has 0 saturated heterocycles. The van der Waals surface area contributed by atoms with Gasteiger partial charge in [0.1, 0.15) is 0 Å². The fraction of sp³-hybridized carbons (Fsp3) is 0.727. The van der Waals surface area contributed by atoms with Crippen LogP contribution < -0.4 is 0 Å². The molecular weight excluding hydrogens is 146 g/mol. The van der Waals surface area contributed by atoms with Gasteiger partial charge in [0.15, 0.2) is 0 Å². The second kappa shape index (κ2) is 4.98. The first-order valence-electron chi connectivity index (χ1n) is 4.97. The molecule has 1 aliphatic rings. The van der Waals surface area contributed by atoms with Gasteiger partial charge in [0.05, 0.1) is 12.0 Å². The molecule has 0 bridgehead atoms. The van der Waals surface area contributed by atoms with Crippen molar-refractivity contribution < 1.29 is 0 Å². The second-order valence-electron chi connectivity index (χ2n) is 3.47. The highest BCUT2D eigenvalue weighted by atomic mass is 14.3. The van der Waals surface area contributed by atoms with E-state index >= 15 is 0 Å². The molecule has 0 heterocycles. The van der Waals surface area contributed by atoms with E-state index in [2.05, 4.69) is 19.1 Å². The monoisotopic (exact) mass is 163 g/mol. The largest absolute Gasteiger partial charge is 0.198 e. The number of nitriles is 1. The molecule has 0 spiro atoms. The molecular formula is C11H17N. The lowest BCUT2D eigenvalue weighted by Gasteiger charge is -2.09. The Morgan fingerprint density at radius 3 is 3.00 bits per heavy atom. The van der Waals surface area contributed by atoms with Crippen LogP contribution in [0.2, 0.25) is 0 Å². The highest BCUT2D eigenvalue weighted by Crippen LogP contribution is 2.24. The van der Waals surface area contributed by atoms with Gasteiger partial charge in [-0.3, -0.25) is 0 Å². The van der Waals surface area contributed by atoms with E-state index in [0.29, 0.717) is 0 Å². The number of rotatable bonds is 2. The van der Waals surface area contributed by atoms with Gasteiger partial charge in [0.2, 0.25) is 0 Å². The maximum absolute atomic E-state index is 8.88. The molecule has 1 aliphatic carbocycles. The zero-order chi connectivity index (χ0) is 8.81. The van der Waals surface area contributed by atoms with Crippen molar-refractivity contribution in [3.63, 3.8) is 0 Å². The van der Waals surface area contributed by atoms with E-state index in [9.17, 15) is 0 Å². The van der Waals surface area contributed by atoms with Crippen LogP contribution >= 0.6 is 0 Å². The Balaban J connectivity index is 2.58. The maximum Gasteiger partial charge on any atom is 0.0700 e. The molecule has 1 heteroatoms. The predicted octanol–water partition coefficient (Wildman–Crippen LogP) is 3.43. The summed E-state index contributed by atoms with van der Waals surface area (Å²) in [6.07, 6.45) is 9.55. The summed E-state index contributed by atoms with van der Waals surface area (Å²) in [5.74, 6) is 0.197. The Morgan fingerprint density at radius 1 is 1.50 bits per heavy atom. The van der Waals surface area contributed by atoms with Gasteiger partial charge in [-0.25, -0.2) is 0 Å². The molecule has 0 aromatic carbocycles. The molecule has 0 radical (unpaired) electrons. The molecule has 1 unspecified atom stereocenters. The third-order valence-electron chi connectivity index (χ3n) is 2.59. The molecule has 1 atom stereocenters. The van der Waals surface area contributed by atoms with Crippen LogP contribution in [0.4, 0.5) is 0 Å². The molecule has 66 valence electrons. The van der Waals surface area contributed by atoms with Gasteiger partial charge < -0.3 is 0 Å². The van der Waals surface area contributed by atoms with E-state index in [4.69, 9.17) is 5.26 Å². The average molecular weight is 163 g/mol. The van der Waals surface area contributed by atoms with E-state index in [1.807, 2.05) is 0 Å². The Morgan fingerprint density at radius 2 is 2.33 bits per heavy atom. The first-order chi connectivity index (χ1) is 5.88. The highest BCUT2D eigenvalue weighted by Gasteiger charge is 2.12. The quantitative estimate of drug-likeness (QED) is 0.572. The predicted molar refractivity (Wildman–Crippen MR) is 50.6 cm³/mol. The fourth-order valence-corrected chi connectivity index (χ4v) is 1.79. The van der Waals surface area contributed by atoms with Gasteiger partial charge in [0.25, 0.3) is 0 Å². The number of hydrogen-bond acceptors (Lipinski definition) is 1. The van der Waals surface area contributed by atoms with Gasteiger partial charge in [0, 0.05) is 0 Å². The van der Waals surface area contributed by atoms with E-state index in [-0.39, 0.29) is 5.92 Å².